The van der Waals surface area contributed by atoms with Gasteiger partial charge in [0, 0.05) is 32.5 Å². The molecule has 162 valence electrons. The lowest BCUT2D eigenvalue weighted by Gasteiger charge is -2.25. The molecule has 0 saturated carbocycles. The molecule has 1 atom stereocenters. The summed E-state index contributed by atoms with van der Waals surface area (Å²) in [6.45, 7) is 10.1. The van der Waals surface area contributed by atoms with Crippen molar-refractivity contribution >= 4 is 23.7 Å². The van der Waals surface area contributed by atoms with Gasteiger partial charge in [0.05, 0.1) is 18.2 Å². The highest BCUT2D eigenvalue weighted by molar-refractivity contribution is 5.83. The molecule has 0 bridgehead atoms. The normalized spacial score (nSPS) is 19.7. The summed E-state index contributed by atoms with van der Waals surface area (Å²) in [7, 11) is 0. The van der Waals surface area contributed by atoms with E-state index in [9.17, 15) is 19.2 Å². The zero-order valence-electron chi connectivity index (χ0n) is 17.4. The first-order chi connectivity index (χ1) is 13.8. The Bertz CT molecular complexity index is 633. The summed E-state index contributed by atoms with van der Waals surface area (Å²) in [5.74, 6) is -0.693. The molecule has 2 rings (SSSR count). The second kappa shape index (κ2) is 10.9. The van der Waals surface area contributed by atoms with Crippen LogP contribution in [0.5, 0.6) is 0 Å². The van der Waals surface area contributed by atoms with Gasteiger partial charge in [-0.05, 0) is 31.7 Å². The van der Waals surface area contributed by atoms with E-state index in [1.54, 1.807) is 0 Å². The summed E-state index contributed by atoms with van der Waals surface area (Å²) in [6.07, 6.45) is 2.70. The quantitative estimate of drug-likeness (QED) is 0.401. The number of nitrogens with zero attached hydrogens (tertiary/aromatic N) is 2. The Balaban J connectivity index is 1.58. The zero-order chi connectivity index (χ0) is 21.4. The number of hydroxylamine groups is 2. The van der Waals surface area contributed by atoms with Gasteiger partial charge < -0.3 is 15.5 Å². The summed E-state index contributed by atoms with van der Waals surface area (Å²) < 4.78 is 0. The second-order valence-corrected chi connectivity index (χ2v) is 7.91. The van der Waals surface area contributed by atoms with Gasteiger partial charge in [0.25, 0.3) is 5.91 Å². The molecule has 2 N–H and O–H groups in total. The molecule has 0 radical (unpaired) electrons. The van der Waals surface area contributed by atoms with Gasteiger partial charge in [-0.25, -0.2) is 4.79 Å². The van der Waals surface area contributed by atoms with Crippen LogP contribution in [0, 0.1) is 5.92 Å². The largest absolute Gasteiger partial charge is 0.355 e. The minimum Gasteiger partial charge on any atom is -0.355 e. The molecular formula is C20H32N4O5. The molecule has 0 aromatic rings. The smallest absolute Gasteiger partial charge is 0.334 e. The Labute approximate surface area is 171 Å². The van der Waals surface area contributed by atoms with Gasteiger partial charge in [-0.15, -0.1) is 5.06 Å². The van der Waals surface area contributed by atoms with E-state index in [-0.39, 0.29) is 56.1 Å². The average molecular weight is 417 g/mol. The third kappa shape index (κ3) is 7.16. The van der Waals surface area contributed by atoms with Crippen LogP contribution in [0.1, 0.15) is 52.4 Å². The number of hydrogen-bond donors (Lipinski definition) is 2. The van der Waals surface area contributed by atoms with Crippen molar-refractivity contribution in [2.24, 2.45) is 5.92 Å². The number of hydrogen-bond acceptors (Lipinski definition) is 6. The van der Waals surface area contributed by atoms with E-state index in [0.29, 0.717) is 18.0 Å². The highest BCUT2D eigenvalue weighted by atomic mass is 16.7. The predicted molar refractivity (Wildman–Crippen MR) is 106 cm³/mol. The van der Waals surface area contributed by atoms with Crippen LogP contribution in [-0.4, -0.2) is 65.9 Å². The van der Waals surface area contributed by atoms with Crippen molar-refractivity contribution in [3.63, 3.8) is 0 Å². The van der Waals surface area contributed by atoms with Gasteiger partial charge >= 0.3 is 5.97 Å². The fourth-order valence-corrected chi connectivity index (χ4v) is 3.51. The number of allylic oxidation sites excluding steroid dienone is 1. The molecule has 2 saturated heterocycles. The molecule has 0 aliphatic carbocycles. The van der Waals surface area contributed by atoms with Gasteiger partial charge in [-0.2, -0.15) is 0 Å². The van der Waals surface area contributed by atoms with Crippen LogP contribution in [0.3, 0.4) is 0 Å². The van der Waals surface area contributed by atoms with Crippen LogP contribution >= 0.6 is 0 Å². The van der Waals surface area contributed by atoms with Crippen molar-refractivity contribution in [1.82, 2.24) is 20.6 Å². The topological polar surface area (TPSA) is 108 Å². The first kappa shape index (κ1) is 22.9. The SMILES string of the molecule is C=C1CCC(=O)N1OC(=O)CC[15NH][13C](=O)CCNC(=O)[13CH]1[13CH2][13CH2][13CH2][15N]1[13CH2][13CH](C)C. The number of likely N-dealkylation sites (tertiary alicyclic amines) is 1. The van der Waals surface area contributed by atoms with Gasteiger partial charge in [0.15, 0.2) is 0 Å². The molecule has 1 unspecified atom stereocenters. The van der Waals surface area contributed by atoms with Crippen LogP contribution in [0.25, 0.3) is 0 Å². The van der Waals surface area contributed by atoms with Gasteiger partial charge in [0.1, 0.15) is 0 Å². The molecule has 2 aliphatic heterocycles. The Morgan fingerprint density at radius 2 is 1.90 bits per heavy atom. The van der Waals surface area contributed by atoms with E-state index in [0.717, 1.165) is 31.0 Å². The first-order valence-electron chi connectivity index (χ1n) is 10.3. The molecule has 0 aromatic heterocycles. The number of amides is 3. The summed E-state index contributed by atoms with van der Waals surface area (Å²) in [6, 6.07) is -0.113. The van der Waals surface area contributed by atoms with Crippen molar-refractivity contribution in [2.75, 3.05) is 26.2 Å². The van der Waals surface area contributed by atoms with Crippen molar-refractivity contribution in [1.29, 1.82) is 0 Å². The Morgan fingerprint density at radius 1 is 1.17 bits per heavy atom. The van der Waals surface area contributed by atoms with E-state index in [2.05, 4.69) is 36.0 Å². The van der Waals surface area contributed by atoms with Gasteiger partial charge in [-0.1, -0.05) is 20.4 Å². The van der Waals surface area contributed by atoms with Gasteiger partial charge in [-0.3, -0.25) is 19.3 Å². The lowest BCUT2D eigenvalue weighted by Crippen LogP contribution is -2.45. The fraction of sp³-hybridized carbons (Fsp3) is 0.700. The standard InChI is InChI=1S/C20H32N4O5/c1-14(2)13-23-12-4-5-16(23)20(28)22-10-8-17(25)21-11-9-19(27)29-24-15(3)6-7-18(24)26/h14,16H,3-13H2,1-2H3,(H,21,25)(H,22,28)/i4+1,5+1,12+1,13+1,14+1,16+1,17+1,21+1,23+1. The van der Waals surface area contributed by atoms with Crippen LogP contribution in [0.2, 0.25) is 0 Å². The summed E-state index contributed by atoms with van der Waals surface area (Å²) in [4.78, 5) is 54.7. The first-order valence-corrected chi connectivity index (χ1v) is 10.3. The second-order valence-electron chi connectivity index (χ2n) is 7.91. The lowest BCUT2D eigenvalue weighted by atomic mass is 10.3. The maximum absolute atomic E-state index is 12.4. The van der Waals surface area contributed by atoms with E-state index < -0.39 is 5.97 Å². The molecule has 29 heavy (non-hydrogen) atoms. The van der Waals surface area contributed by atoms with Crippen LogP contribution in [0.15, 0.2) is 12.3 Å². The van der Waals surface area contributed by atoms with Gasteiger partial charge in [0.2, 0.25) is 11.8 Å². The molecule has 2 heterocycles. The summed E-state index contributed by atoms with van der Waals surface area (Å²) >= 11 is 0. The predicted octanol–water partition coefficient (Wildman–Crippen LogP) is 0.714. The minimum atomic E-state index is -0.610. The molecule has 2 aliphatic rings. The third-order valence-corrected chi connectivity index (χ3v) is 4.90. The van der Waals surface area contributed by atoms with Crippen molar-refractivity contribution < 1.29 is 24.0 Å². The maximum atomic E-state index is 12.4. The highest BCUT2D eigenvalue weighted by Crippen LogP contribution is 2.21. The highest BCUT2D eigenvalue weighted by Gasteiger charge is 2.30. The van der Waals surface area contributed by atoms with Crippen molar-refractivity contribution in [3.8, 4) is 0 Å². The zero-order valence-corrected chi connectivity index (χ0v) is 17.4. The van der Waals surface area contributed by atoms with E-state index in [4.69, 9.17) is 4.84 Å². The van der Waals surface area contributed by atoms with E-state index >= 15 is 0 Å². The molecular weight excluding hydrogens is 385 g/mol. The van der Waals surface area contributed by atoms with E-state index in [1.165, 1.54) is 0 Å². The van der Waals surface area contributed by atoms with Crippen molar-refractivity contribution in [2.45, 2.75) is 58.4 Å². The lowest BCUT2D eigenvalue weighted by molar-refractivity contribution is -0.186. The Kier molecular flexibility index (Phi) is 8.63. The maximum Gasteiger partial charge on any atom is 0.334 e. The van der Waals surface area contributed by atoms with Crippen LogP contribution in [0.4, 0.5) is 0 Å². The number of carbonyl (C=O) groups is 4. The van der Waals surface area contributed by atoms with E-state index in [1.807, 2.05) is 0 Å². The third-order valence-electron chi connectivity index (χ3n) is 4.90. The van der Waals surface area contributed by atoms with Crippen LogP contribution in [-0.2, 0) is 24.0 Å². The monoisotopic (exact) mass is 417 g/mol. The Morgan fingerprint density at radius 3 is 2.55 bits per heavy atom. The van der Waals surface area contributed by atoms with Crippen LogP contribution < -0.4 is 10.6 Å². The fourth-order valence-electron chi connectivity index (χ4n) is 3.51. The van der Waals surface area contributed by atoms with Crippen molar-refractivity contribution in [3.05, 3.63) is 12.3 Å². The number of carbonyl (C=O) groups excluding carboxylic acids is 4. The number of rotatable bonds is 10. The molecule has 2 fully saturated rings. The molecule has 0 spiro atoms. The molecule has 9 nitrogen and oxygen atoms in total. The molecule has 0 aromatic carbocycles. The summed E-state index contributed by atoms with van der Waals surface area (Å²) in [5.41, 5.74) is 0.456. The molecule has 3 amide bonds. The Hall–Kier alpha value is -2.42. The number of nitrogens with one attached hydrogen (secondary N) is 2. The summed E-state index contributed by atoms with van der Waals surface area (Å²) in [5, 5.41) is 6.36. The molecule has 9 heteroatoms. The average Bonchev–Trinajstić information content (AvgIpc) is 3.22. The minimum absolute atomic E-state index is 0.0324.